The van der Waals surface area contributed by atoms with Crippen molar-refractivity contribution < 1.29 is 9.59 Å². The third kappa shape index (κ3) is 5.41. The number of carbonyl (C=O) groups is 2. The van der Waals surface area contributed by atoms with Gasteiger partial charge in [0, 0.05) is 37.6 Å². The van der Waals surface area contributed by atoms with Crippen LogP contribution in [0.2, 0.25) is 10.0 Å². The lowest BCUT2D eigenvalue weighted by molar-refractivity contribution is 0.0980. The maximum atomic E-state index is 13.7. The molecule has 0 aromatic heterocycles. The largest absolute Gasteiger partial charge is 0.383 e. The van der Waals surface area contributed by atoms with Crippen LogP contribution >= 0.6 is 23.2 Å². The summed E-state index contributed by atoms with van der Waals surface area (Å²) in [6.45, 7) is 15.2. The molecule has 0 saturated carbocycles. The van der Waals surface area contributed by atoms with Crippen molar-refractivity contribution in [1.29, 1.82) is 0 Å². The highest BCUT2D eigenvalue weighted by molar-refractivity contribution is 6.44. The predicted octanol–water partition coefficient (Wildman–Crippen LogP) is 5.28. The molecule has 0 amide bonds. The summed E-state index contributed by atoms with van der Waals surface area (Å²) < 4.78 is 0. The van der Waals surface area contributed by atoms with E-state index in [1.165, 1.54) is 0 Å². The van der Waals surface area contributed by atoms with Crippen molar-refractivity contribution in [2.24, 2.45) is 0 Å². The number of nitrogens with zero attached hydrogens (tertiary/aromatic N) is 2. The number of hydrogen-bond donors (Lipinski definition) is 2. The van der Waals surface area contributed by atoms with Crippen molar-refractivity contribution in [2.45, 2.75) is 27.7 Å². The SMILES string of the molecule is CCN(CC)CCNc1ccc(NCCN(CC)CC)c2c1C(=O)c1c(Cl)ccc(Cl)c1C2=O. The van der Waals surface area contributed by atoms with Crippen LogP contribution in [0.4, 0.5) is 11.4 Å². The van der Waals surface area contributed by atoms with Gasteiger partial charge in [-0.1, -0.05) is 50.9 Å². The van der Waals surface area contributed by atoms with E-state index >= 15 is 0 Å². The average Bonchev–Trinajstić information content (AvgIpc) is 2.84. The maximum absolute atomic E-state index is 13.7. The minimum absolute atomic E-state index is 0.179. The van der Waals surface area contributed by atoms with Gasteiger partial charge in [0.05, 0.1) is 32.3 Å². The molecule has 1 aliphatic carbocycles. The van der Waals surface area contributed by atoms with Gasteiger partial charge in [0.25, 0.3) is 0 Å². The standard InChI is InChI=1S/C26H34Cl2N4O2/c1-5-31(6-2)15-13-29-19-11-12-20(30-14-16-32(7-3)8-4)24-23(19)25(33)21-17(27)9-10-18(28)22(21)26(24)34/h9-12,29-30H,5-8,13-16H2,1-4H3. The molecule has 0 unspecified atom stereocenters. The van der Waals surface area contributed by atoms with E-state index in [1.54, 1.807) is 12.1 Å². The quantitative estimate of drug-likeness (QED) is 0.350. The topological polar surface area (TPSA) is 64.7 Å². The van der Waals surface area contributed by atoms with Gasteiger partial charge >= 0.3 is 0 Å². The first kappa shape index (κ1) is 26.5. The molecule has 184 valence electrons. The molecule has 0 atom stereocenters. The van der Waals surface area contributed by atoms with Gasteiger partial charge in [0.15, 0.2) is 11.6 Å². The van der Waals surface area contributed by atoms with Crippen LogP contribution in [0.3, 0.4) is 0 Å². The fourth-order valence-corrected chi connectivity index (χ4v) is 4.88. The molecule has 34 heavy (non-hydrogen) atoms. The van der Waals surface area contributed by atoms with E-state index < -0.39 is 0 Å². The summed E-state index contributed by atoms with van der Waals surface area (Å²) in [6.07, 6.45) is 0. The second-order valence-corrected chi connectivity index (χ2v) is 9.07. The lowest BCUT2D eigenvalue weighted by atomic mass is 9.82. The molecule has 8 heteroatoms. The van der Waals surface area contributed by atoms with Crippen molar-refractivity contribution in [3.8, 4) is 0 Å². The molecule has 0 bridgehead atoms. The Kier molecular flexibility index (Phi) is 9.37. The summed E-state index contributed by atoms with van der Waals surface area (Å²) in [4.78, 5) is 32.0. The Morgan fingerprint density at radius 3 is 1.29 bits per heavy atom. The lowest BCUT2D eigenvalue weighted by Gasteiger charge is -2.26. The van der Waals surface area contributed by atoms with Crippen LogP contribution in [0.5, 0.6) is 0 Å². The Bertz CT molecular complexity index is 968. The number of halogens is 2. The minimum atomic E-state index is -0.283. The van der Waals surface area contributed by atoms with Gasteiger partial charge in [-0.05, 0) is 50.4 Å². The number of carbonyl (C=O) groups excluding carboxylic acids is 2. The molecule has 0 fully saturated rings. The van der Waals surface area contributed by atoms with Crippen molar-refractivity contribution in [3.05, 3.63) is 56.6 Å². The summed E-state index contributed by atoms with van der Waals surface area (Å²) in [5.41, 5.74) is 2.34. The molecule has 1 aliphatic rings. The zero-order valence-corrected chi connectivity index (χ0v) is 21.9. The molecule has 6 nitrogen and oxygen atoms in total. The summed E-state index contributed by atoms with van der Waals surface area (Å²) in [6, 6.07) is 6.88. The van der Waals surface area contributed by atoms with Gasteiger partial charge < -0.3 is 20.4 Å². The summed E-state index contributed by atoms with van der Waals surface area (Å²) in [5.74, 6) is -0.565. The molecular weight excluding hydrogens is 471 g/mol. The minimum Gasteiger partial charge on any atom is -0.383 e. The van der Waals surface area contributed by atoms with Gasteiger partial charge in [-0.2, -0.15) is 0 Å². The molecule has 2 aromatic carbocycles. The van der Waals surface area contributed by atoms with Crippen LogP contribution in [0, 0.1) is 0 Å². The van der Waals surface area contributed by atoms with E-state index in [4.69, 9.17) is 23.2 Å². The Labute approximate surface area is 212 Å². The number of anilines is 2. The van der Waals surface area contributed by atoms with Crippen LogP contribution in [0.1, 0.15) is 59.5 Å². The molecule has 2 N–H and O–H groups in total. The second-order valence-electron chi connectivity index (χ2n) is 8.26. The summed E-state index contributed by atoms with van der Waals surface area (Å²) in [5, 5.41) is 7.23. The van der Waals surface area contributed by atoms with E-state index in [-0.39, 0.29) is 32.7 Å². The van der Waals surface area contributed by atoms with E-state index in [0.29, 0.717) is 35.6 Å². The van der Waals surface area contributed by atoms with E-state index in [2.05, 4.69) is 48.1 Å². The normalized spacial score (nSPS) is 12.8. The van der Waals surface area contributed by atoms with Crippen LogP contribution in [0.15, 0.2) is 24.3 Å². The van der Waals surface area contributed by atoms with Gasteiger partial charge in [0.2, 0.25) is 0 Å². The Hall–Kier alpha value is -2.12. The molecule has 2 aromatic rings. The van der Waals surface area contributed by atoms with Crippen molar-refractivity contribution in [3.63, 3.8) is 0 Å². The van der Waals surface area contributed by atoms with Gasteiger partial charge in [-0.25, -0.2) is 0 Å². The molecule has 0 spiro atoms. The van der Waals surface area contributed by atoms with Crippen LogP contribution in [-0.2, 0) is 0 Å². The molecular formula is C26H34Cl2N4O2. The third-order valence-electron chi connectivity index (χ3n) is 6.49. The average molecular weight is 505 g/mol. The molecule has 3 rings (SSSR count). The van der Waals surface area contributed by atoms with Crippen LogP contribution in [-0.4, -0.2) is 73.7 Å². The molecule has 0 radical (unpaired) electrons. The van der Waals surface area contributed by atoms with Crippen molar-refractivity contribution in [1.82, 2.24) is 9.80 Å². The van der Waals surface area contributed by atoms with Gasteiger partial charge in [0.1, 0.15) is 0 Å². The highest BCUT2D eigenvalue weighted by Gasteiger charge is 2.37. The zero-order chi connectivity index (χ0) is 24.8. The first-order chi connectivity index (χ1) is 16.4. The number of benzene rings is 2. The Morgan fingerprint density at radius 2 is 0.971 bits per heavy atom. The number of fused-ring (bicyclic) bond motifs is 2. The monoisotopic (exact) mass is 504 g/mol. The van der Waals surface area contributed by atoms with E-state index in [9.17, 15) is 9.59 Å². The number of likely N-dealkylation sites (N-methyl/N-ethyl adjacent to an activating group) is 2. The molecule has 0 heterocycles. The highest BCUT2D eigenvalue weighted by atomic mass is 35.5. The van der Waals surface area contributed by atoms with Crippen LogP contribution in [0.25, 0.3) is 0 Å². The fraction of sp³-hybridized carbons (Fsp3) is 0.462. The first-order valence-electron chi connectivity index (χ1n) is 12.0. The van der Waals surface area contributed by atoms with Gasteiger partial charge in [-0.15, -0.1) is 0 Å². The second kappa shape index (κ2) is 12.0. The number of nitrogens with one attached hydrogen (secondary N) is 2. The molecule has 0 saturated heterocycles. The fourth-order valence-electron chi connectivity index (χ4n) is 4.39. The smallest absolute Gasteiger partial charge is 0.198 e. The first-order valence-corrected chi connectivity index (χ1v) is 12.8. The lowest BCUT2D eigenvalue weighted by Crippen LogP contribution is -2.31. The number of ketones is 2. The predicted molar refractivity (Wildman–Crippen MR) is 142 cm³/mol. The number of hydrogen-bond acceptors (Lipinski definition) is 6. The zero-order valence-electron chi connectivity index (χ0n) is 20.4. The molecule has 0 aliphatic heterocycles. The number of rotatable bonds is 12. The van der Waals surface area contributed by atoms with E-state index in [0.717, 1.165) is 39.3 Å². The van der Waals surface area contributed by atoms with E-state index in [1.807, 2.05) is 12.1 Å². The summed E-state index contributed by atoms with van der Waals surface area (Å²) in [7, 11) is 0. The Morgan fingerprint density at radius 1 is 0.618 bits per heavy atom. The van der Waals surface area contributed by atoms with Crippen LogP contribution < -0.4 is 10.6 Å². The highest BCUT2D eigenvalue weighted by Crippen LogP contribution is 2.41. The summed E-state index contributed by atoms with van der Waals surface area (Å²) >= 11 is 12.8. The van der Waals surface area contributed by atoms with Gasteiger partial charge in [-0.3, -0.25) is 9.59 Å². The maximum Gasteiger partial charge on any atom is 0.198 e. The Balaban J connectivity index is 2.01. The van der Waals surface area contributed by atoms with Crippen molar-refractivity contribution in [2.75, 3.05) is 63.0 Å². The van der Waals surface area contributed by atoms with Crippen molar-refractivity contribution >= 4 is 46.1 Å². The third-order valence-corrected chi connectivity index (χ3v) is 7.12.